The van der Waals surface area contributed by atoms with Crippen LogP contribution in [0.5, 0.6) is 0 Å². The van der Waals surface area contributed by atoms with E-state index in [0.29, 0.717) is 0 Å². The van der Waals surface area contributed by atoms with Crippen LogP contribution in [-0.4, -0.2) is 4.57 Å². The van der Waals surface area contributed by atoms with Crippen molar-refractivity contribution >= 4 is 82.7 Å². The van der Waals surface area contributed by atoms with E-state index in [4.69, 9.17) is 8.83 Å². The Morgan fingerprint density at radius 2 is 0.812 bits per heavy atom. The fourth-order valence-electron chi connectivity index (χ4n) is 9.96. The minimum absolute atomic E-state index is 0.889. The average molecular weight is 819 g/mol. The number of hydrogen-bond acceptors (Lipinski definition) is 3. The zero-order valence-corrected chi connectivity index (χ0v) is 34.7. The molecule has 0 N–H and O–H groups in total. The molecule has 0 aliphatic carbocycles. The molecular weight excluding hydrogens is 781 g/mol. The number of fused-ring (bicyclic) bond motifs is 9. The normalized spacial score (nSPS) is 11.8. The van der Waals surface area contributed by atoms with Crippen molar-refractivity contribution in [1.82, 2.24) is 4.57 Å². The summed E-state index contributed by atoms with van der Waals surface area (Å²) >= 11 is 0. The van der Waals surface area contributed by atoms with Crippen LogP contribution >= 0.6 is 0 Å². The van der Waals surface area contributed by atoms with Crippen molar-refractivity contribution in [2.75, 3.05) is 4.90 Å². The van der Waals surface area contributed by atoms with Crippen LogP contribution in [0.1, 0.15) is 0 Å². The van der Waals surface area contributed by atoms with Crippen LogP contribution in [0.15, 0.2) is 239 Å². The van der Waals surface area contributed by atoms with Gasteiger partial charge in [-0.1, -0.05) is 170 Å². The molecule has 3 heterocycles. The highest BCUT2D eigenvalue weighted by Gasteiger charge is 2.23. The molecular formula is C60H38N2O2. The molecule has 0 saturated heterocycles. The number of rotatable bonds is 7. The third-order valence-electron chi connectivity index (χ3n) is 12.8. The molecule has 3 aromatic heterocycles. The third kappa shape index (κ3) is 5.63. The highest BCUT2D eigenvalue weighted by molar-refractivity contribution is 6.14. The summed E-state index contributed by atoms with van der Waals surface area (Å²) in [6.07, 6.45) is 0. The quantitative estimate of drug-likeness (QED) is 0.161. The molecule has 0 spiro atoms. The first kappa shape index (κ1) is 36.1. The second-order valence-electron chi connectivity index (χ2n) is 16.4. The Bertz CT molecular complexity index is 3910. The summed E-state index contributed by atoms with van der Waals surface area (Å²) in [6.45, 7) is 0. The van der Waals surface area contributed by atoms with Gasteiger partial charge in [-0.05, 0) is 77.4 Å². The lowest BCUT2D eigenvalue weighted by Gasteiger charge is -2.27. The van der Waals surface area contributed by atoms with Gasteiger partial charge in [0.05, 0.1) is 16.7 Å². The Kier molecular flexibility index (Phi) is 8.18. The maximum absolute atomic E-state index is 6.63. The summed E-state index contributed by atoms with van der Waals surface area (Å²) in [5.41, 5.74) is 16.6. The first-order valence-electron chi connectivity index (χ1n) is 21.8. The van der Waals surface area contributed by atoms with Crippen LogP contribution in [-0.2, 0) is 0 Å². The van der Waals surface area contributed by atoms with Crippen LogP contribution in [0.25, 0.3) is 105 Å². The molecule has 0 aliphatic heterocycles. The molecule has 0 amide bonds. The summed E-state index contributed by atoms with van der Waals surface area (Å²) < 4.78 is 15.7. The first-order valence-corrected chi connectivity index (χ1v) is 21.8. The van der Waals surface area contributed by atoms with Crippen LogP contribution in [0.2, 0.25) is 0 Å². The van der Waals surface area contributed by atoms with Crippen LogP contribution in [0, 0.1) is 0 Å². The second kappa shape index (κ2) is 14.5. The van der Waals surface area contributed by atoms with E-state index in [1.165, 1.54) is 10.8 Å². The van der Waals surface area contributed by atoms with Crippen molar-refractivity contribution in [2.24, 2.45) is 0 Å². The summed E-state index contributed by atoms with van der Waals surface area (Å²) in [7, 11) is 0. The standard InChI is InChI=1S/C60H38N2O2/c1-3-17-39(18-4-1)53-37-41(33-35-43(53)49-25-15-27-51-47-23-9-13-31-57(47)63-59(49)51)61(40-19-5-2-6-20-40)42-34-36-46-44-21-7-11-29-54(44)62(56(46)38-42)55-30-12-8-22-45(55)50-26-16-28-52-48-24-10-14-32-58(48)64-60(50)52/h1-38H. The Morgan fingerprint density at radius 3 is 1.53 bits per heavy atom. The minimum atomic E-state index is 0.889. The molecule has 0 saturated carbocycles. The first-order chi connectivity index (χ1) is 31.8. The minimum Gasteiger partial charge on any atom is -0.455 e. The summed E-state index contributed by atoms with van der Waals surface area (Å²) in [4.78, 5) is 2.38. The van der Waals surface area contributed by atoms with Gasteiger partial charge in [0.25, 0.3) is 0 Å². The summed E-state index contributed by atoms with van der Waals surface area (Å²) in [6, 6.07) is 82.1. The number of benzene rings is 10. The summed E-state index contributed by atoms with van der Waals surface area (Å²) in [5, 5.41) is 6.84. The van der Waals surface area contributed by atoms with E-state index < -0.39 is 0 Å². The van der Waals surface area contributed by atoms with Gasteiger partial charge in [-0.3, -0.25) is 0 Å². The number of hydrogen-bond donors (Lipinski definition) is 0. The molecule has 0 unspecified atom stereocenters. The molecule has 4 heteroatoms. The Hall–Kier alpha value is -8.60. The predicted molar refractivity (Wildman–Crippen MR) is 266 cm³/mol. The van der Waals surface area contributed by atoms with E-state index in [1.807, 2.05) is 18.2 Å². The third-order valence-corrected chi connectivity index (χ3v) is 12.8. The zero-order valence-electron chi connectivity index (χ0n) is 34.7. The van der Waals surface area contributed by atoms with E-state index in [9.17, 15) is 0 Å². The van der Waals surface area contributed by atoms with E-state index in [-0.39, 0.29) is 0 Å². The van der Waals surface area contributed by atoms with Gasteiger partial charge in [0.1, 0.15) is 22.3 Å². The number of furan rings is 2. The van der Waals surface area contributed by atoms with Gasteiger partial charge in [-0.25, -0.2) is 0 Å². The van der Waals surface area contributed by atoms with E-state index in [0.717, 1.165) is 111 Å². The lowest BCUT2D eigenvalue weighted by atomic mass is 9.92. The number of nitrogens with zero attached hydrogens (tertiary/aromatic N) is 2. The molecule has 300 valence electrons. The van der Waals surface area contributed by atoms with Crippen molar-refractivity contribution in [1.29, 1.82) is 0 Å². The van der Waals surface area contributed by atoms with Gasteiger partial charge in [-0.15, -0.1) is 0 Å². The monoisotopic (exact) mass is 818 g/mol. The second-order valence-corrected chi connectivity index (χ2v) is 16.4. The highest BCUT2D eigenvalue weighted by Crippen LogP contribution is 2.46. The predicted octanol–water partition coefficient (Wildman–Crippen LogP) is 17.1. The molecule has 10 aromatic carbocycles. The smallest absolute Gasteiger partial charge is 0.143 e. The highest BCUT2D eigenvalue weighted by atomic mass is 16.3. The fraction of sp³-hybridized carbons (Fsp3) is 0. The Labute approximate surface area is 369 Å². The lowest BCUT2D eigenvalue weighted by Crippen LogP contribution is -2.10. The van der Waals surface area contributed by atoms with Gasteiger partial charge in [-0.2, -0.15) is 0 Å². The van der Waals surface area contributed by atoms with Gasteiger partial charge < -0.3 is 18.3 Å². The molecule has 0 aliphatic rings. The Balaban J connectivity index is 1.03. The van der Waals surface area contributed by atoms with Crippen molar-refractivity contribution in [3.8, 4) is 39.1 Å². The maximum atomic E-state index is 6.63. The molecule has 13 aromatic rings. The number of para-hydroxylation sites is 7. The van der Waals surface area contributed by atoms with Crippen molar-refractivity contribution in [2.45, 2.75) is 0 Å². The van der Waals surface area contributed by atoms with Gasteiger partial charge in [0.15, 0.2) is 0 Å². The van der Waals surface area contributed by atoms with E-state index in [1.54, 1.807) is 0 Å². The largest absolute Gasteiger partial charge is 0.455 e. The number of anilines is 3. The van der Waals surface area contributed by atoms with Gasteiger partial charge >= 0.3 is 0 Å². The molecule has 0 fully saturated rings. The van der Waals surface area contributed by atoms with Gasteiger partial charge in [0.2, 0.25) is 0 Å². The summed E-state index contributed by atoms with van der Waals surface area (Å²) in [5.74, 6) is 0. The fourth-order valence-corrected chi connectivity index (χ4v) is 9.96. The molecule has 13 rings (SSSR count). The number of aromatic nitrogens is 1. The molecule has 64 heavy (non-hydrogen) atoms. The molecule has 4 nitrogen and oxygen atoms in total. The Morgan fingerprint density at radius 1 is 0.297 bits per heavy atom. The lowest BCUT2D eigenvalue weighted by molar-refractivity contribution is 0.669. The van der Waals surface area contributed by atoms with Crippen molar-refractivity contribution < 1.29 is 8.83 Å². The zero-order chi connectivity index (χ0) is 42.1. The SMILES string of the molecule is c1ccc(-c2cc(N(c3ccccc3)c3ccc4c5ccccc5n(-c5ccccc5-c5cccc6c5oc5ccccc56)c4c3)ccc2-c2cccc3c2oc2ccccc23)cc1. The van der Waals surface area contributed by atoms with Crippen LogP contribution in [0.4, 0.5) is 17.1 Å². The van der Waals surface area contributed by atoms with Crippen LogP contribution < -0.4 is 4.90 Å². The molecule has 0 atom stereocenters. The van der Waals surface area contributed by atoms with E-state index in [2.05, 4.69) is 222 Å². The van der Waals surface area contributed by atoms with Gasteiger partial charge in [0, 0.05) is 66.1 Å². The molecule has 0 radical (unpaired) electrons. The van der Waals surface area contributed by atoms with E-state index >= 15 is 0 Å². The topological polar surface area (TPSA) is 34.5 Å². The van der Waals surface area contributed by atoms with Crippen molar-refractivity contribution in [3.05, 3.63) is 231 Å². The average Bonchev–Trinajstić information content (AvgIpc) is 4.04. The maximum Gasteiger partial charge on any atom is 0.143 e. The van der Waals surface area contributed by atoms with Crippen molar-refractivity contribution in [3.63, 3.8) is 0 Å². The molecule has 0 bridgehead atoms. The van der Waals surface area contributed by atoms with Crippen LogP contribution in [0.3, 0.4) is 0 Å².